The van der Waals surface area contributed by atoms with E-state index in [2.05, 4.69) is 0 Å². The summed E-state index contributed by atoms with van der Waals surface area (Å²) in [5.74, 6) is 1.77. The summed E-state index contributed by atoms with van der Waals surface area (Å²) in [6.45, 7) is 6.81. The summed E-state index contributed by atoms with van der Waals surface area (Å²) in [5.41, 5.74) is 5.36. The van der Waals surface area contributed by atoms with Crippen LogP contribution in [-0.4, -0.2) is 24.4 Å². The molecule has 18 heavy (non-hydrogen) atoms. The SMILES string of the molecule is CCC(CC)(CN)C(=O)N(C)Cc1ccc(C)o1. The maximum absolute atomic E-state index is 12.5. The van der Waals surface area contributed by atoms with E-state index < -0.39 is 5.41 Å². The molecule has 0 aliphatic carbocycles. The van der Waals surface area contributed by atoms with Gasteiger partial charge in [0.2, 0.25) is 5.91 Å². The molecule has 0 aliphatic heterocycles. The summed E-state index contributed by atoms with van der Waals surface area (Å²) >= 11 is 0. The molecule has 1 aromatic heterocycles. The minimum absolute atomic E-state index is 0.101. The molecule has 0 fully saturated rings. The van der Waals surface area contributed by atoms with E-state index >= 15 is 0 Å². The van der Waals surface area contributed by atoms with E-state index in [0.29, 0.717) is 13.1 Å². The molecule has 0 unspecified atom stereocenters. The van der Waals surface area contributed by atoms with Gasteiger partial charge in [-0.1, -0.05) is 13.8 Å². The Morgan fingerprint density at radius 2 is 2.00 bits per heavy atom. The van der Waals surface area contributed by atoms with E-state index in [9.17, 15) is 4.79 Å². The van der Waals surface area contributed by atoms with Crippen molar-refractivity contribution in [3.63, 3.8) is 0 Å². The summed E-state index contributed by atoms with van der Waals surface area (Å²) in [6.07, 6.45) is 1.53. The summed E-state index contributed by atoms with van der Waals surface area (Å²) in [6, 6.07) is 3.81. The highest BCUT2D eigenvalue weighted by atomic mass is 16.3. The number of rotatable bonds is 6. The lowest BCUT2D eigenvalue weighted by Gasteiger charge is -2.32. The molecule has 4 heteroatoms. The van der Waals surface area contributed by atoms with Gasteiger partial charge in [-0.15, -0.1) is 0 Å². The first kappa shape index (κ1) is 14.8. The van der Waals surface area contributed by atoms with Gasteiger partial charge >= 0.3 is 0 Å². The third-order valence-electron chi connectivity index (χ3n) is 3.73. The Morgan fingerprint density at radius 1 is 1.39 bits per heavy atom. The number of aryl methyl sites for hydroxylation is 1. The molecule has 1 rings (SSSR count). The molecule has 0 radical (unpaired) electrons. The van der Waals surface area contributed by atoms with Gasteiger partial charge < -0.3 is 15.1 Å². The quantitative estimate of drug-likeness (QED) is 0.845. The second-order valence-electron chi connectivity index (χ2n) is 4.87. The molecule has 1 aromatic rings. The van der Waals surface area contributed by atoms with E-state index in [-0.39, 0.29) is 5.91 Å². The first-order valence-electron chi connectivity index (χ1n) is 6.50. The summed E-state index contributed by atoms with van der Waals surface area (Å²) in [4.78, 5) is 14.2. The van der Waals surface area contributed by atoms with Gasteiger partial charge in [0.15, 0.2) is 0 Å². The van der Waals surface area contributed by atoms with E-state index in [1.807, 2.05) is 32.9 Å². The van der Waals surface area contributed by atoms with Crippen LogP contribution in [0.5, 0.6) is 0 Å². The van der Waals surface area contributed by atoms with Gasteiger partial charge in [0.1, 0.15) is 11.5 Å². The number of carbonyl (C=O) groups is 1. The lowest BCUT2D eigenvalue weighted by molar-refractivity contribution is -0.141. The van der Waals surface area contributed by atoms with Crippen LogP contribution in [-0.2, 0) is 11.3 Å². The number of hydrogen-bond donors (Lipinski definition) is 1. The molecule has 1 amide bonds. The van der Waals surface area contributed by atoms with Crippen molar-refractivity contribution >= 4 is 5.91 Å². The van der Waals surface area contributed by atoms with Crippen molar-refractivity contribution in [2.24, 2.45) is 11.1 Å². The highest BCUT2D eigenvalue weighted by Gasteiger charge is 2.35. The van der Waals surface area contributed by atoms with Crippen molar-refractivity contribution in [3.05, 3.63) is 23.7 Å². The molecule has 0 atom stereocenters. The third-order valence-corrected chi connectivity index (χ3v) is 3.73. The molecular formula is C14H24N2O2. The molecule has 0 saturated carbocycles. The van der Waals surface area contributed by atoms with Crippen LogP contribution >= 0.6 is 0 Å². The number of hydrogen-bond acceptors (Lipinski definition) is 3. The Balaban J connectivity index is 2.76. The van der Waals surface area contributed by atoms with E-state index in [0.717, 1.165) is 24.4 Å². The predicted molar refractivity (Wildman–Crippen MR) is 72.0 cm³/mol. The molecule has 2 N–H and O–H groups in total. The molecule has 4 nitrogen and oxygen atoms in total. The van der Waals surface area contributed by atoms with Crippen LogP contribution in [0.2, 0.25) is 0 Å². The molecule has 0 aliphatic rings. The van der Waals surface area contributed by atoms with Gasteiger partial charge in [0.25, 0.3) is 0 Å². The molecule has 102 valence electrons. The average Bonchev–Trinajstić information content (AvgIpc) is 2.77. The Bertz CT molecular complexity index is 386. The van der Waals surface area contributed by atoms with Crippen LogP contribution in [0.15, 0.2) is 16.5 Å². The fourth-order valence-electron chi connectivity index (χ4n) is 2.21. The maximum Gasteiger partial charge on any atom is 0.230 e. The largest absolute Gasteiger partial charge is 0.464 e. The number of nitrogens with zero attached hydrogens (tertiary/aromatic N) is 1. The zero-order valence-corrected chi connectivity index (χ0v) is 11.8. The molecular weight excluding hydrogens is 228 g/mol. The Hall–Kier alpha value is -1.29. The standard InChI is InChI=1S/C14H24N2O2/c1-5-14(6-2,10-15)13(17)16(4)9-12-8-7-11(3)18-12/h7-8H,5-6,9-10,15H2,1-4H3. The second kappa shape index (κ2) is 6.05. The molecule has 0 bridgehead atoms. The number of carbonyl (C=O) groups excluding carboxylic acids is 1. The molecule has 0 aromatic carbocycles. The Kier molecular flexibility index (Phi) is 4.96. The van der Waals surface area contributed by atoms with Crippen LogP contribution in [0.3, 0.4) is 0 Å². The fraction of sp³-hybridized carbons (Fsp3) is 0.643. The number of furan rings is 1. The van der Waals surface area contributed by atoms with Crippen molar-refractivity contribution in [3.8, 4) is 0 Å². The van der Waals surface area contributed by atoms with Crippen LogP contribution in [0.25, 0.3) is 0 Å². The lowest BCUT2D eigenvalue weighted by Crippen LogP contribution is -2.45. The van der Waals surface area contributed by atoms with Crippen molar-refractivity contribution in [2.75, 3.05) is 13.6 Å². The zero-order chi connectivity index (χ0) is 13.8. The van der Waals surface area contributed by atoms with Crippen molar-refractivity contribution in [1.29, 1.82) is 0 Å². The monoisotopic (exact) mass is 252 g/mol. The van der Waals surface area contributed by atoms with Gasteiger partial charge in [-0.25, -0.2) is 0 Å². The minimum atomic E-state index is -0.434. The van der Waals surface area contributed by atoms with E-state index in [1.54, 1.807) is 11.9 Å². The van der Waals surface area contributed by atoms with Crippen LogP contribution < -0.4 is 5.73 Å². The smallest absolute Gasteiger partial charge is 0.230 e. The van der Waals surface area contributed by atoms with Crippen LogP contribution in [0.4, 0.5) is 0 Å². The van der Waals surface area contributed by atoms with E-state index in [1.165, 1.54) is 0 Å². The van der Waals surface area contributed by atoms with Gasteiger partial charge in [-0.3, -0.25) is 4.79 Å². The highest BCUT2D eigenvalue weighted by molar-refractivity contribution is 5.82. The average molecular weight is 252 g/mol. The van der Waals surface area contributed by atoms with E-state index in [4.69, 9.17) is 10.2 Å². The minimum Gasteiger partial charge on any atom is -0.464 e. The first-order chi connectivity index (χ1) is 8.49. The second-order valence-corrected chi connectivity index (χ2v) is 4.87. The molecule has 0 saturated heterocycles. The highest BCUT2D eigenvalue weighted by Crippen LogP contribution is 2.28. The Morgan fingerprint density at radius 3 is 2.39 bits per heavy atom. The topological polar surface area (TPSA) is 59.5 Å². The third kappa shape index (κ3) is 2.93. The van der Waals surface area contributed by atoms with Crippen molar-refractivity contribution < 1.29 is 9.21 Å². The molecule has 0 spiro atoms. The van der Waals surface area contributed by atoms with Crippen LogP contribution in [0.1, 0.15) is 38.2 Å². The lowest BCUT2D eigenvalue weighted by atomic mass is 9.81. The van der Waals surface area contributed by atoms with Crippen molar-refractivity contribution in [1.82, 2.24) is 4.90 Å². The van der Waals surface area contributed by atoms with Gasteiger partial charge in [-0.05, 0) is 31.9 Å². The fourth-order valence-corrected chi connectivity index (χ4v) is 2.21. The van der Waals surface area contributed by atoms with Crippen molar-refractivity contribution in [2.45, 2.75) is 40.2 Å². The maximum atomic E-state index is 12.5. The Labute approximate surface area is 109 Å². The normalized spacial score (nSPS) is 11.6. The molecule has 1 heterocycles. The number of nitrogens with two attached hydrogens (primary N) is 1. The van der Waals surface area contributed by atoms with Crippen LogP contribution in [0, 0.1) is 12.3 Å². The first-order valence-corrected chi connectivity index (χ1v) is 6.50. The zero-order valence-electron chi connectivity index (χ0n) is 11.8. The summed E-state index contributed by atoms with van der Waals surface area (Å²) < 4.78 is 5.49. The predicted octanol–water partition coefficient (Wildman–Crippen LogP) is 2.31. The number of amides is 1. The summed E-state index contributed by atoms with van der Waals surface area (Å²) in [7, 11) is 1.80. The van der Waals surface area contributed by atoms with Gasteiger partial charge in [0, 0.05) is 13.6 Å². The summed E-state index contributed by atoms with van der Waals surface area (Å²) in [5, 5.41) is 0. The van der Waals surface area contributed by atoms with Gasteiger partial charge in [0.05, 0.1) is 12.0 Å². The van der Waals surface area contributed by atoms with Gasteiger partial charge in [-0.2, -0.15) is 0 Å².